The first-order valence-electron chi connectivity index (χ1n) is 13.8. The molecule has 6 rings (SSSR count). The molecule has 1 aliphatic heterocycles. The Kier molecular flexibility index (Phi) is 6.60. The van der Waals surface area contributed by atoms with Gasteiger partial charge in [0.1, 0.15) is 11.5 Å². The van der Waals surface area contributed by atoms with Gasteiger partial charge < -0.3 is 10.6 Å². The van der Waals surface area contributed by atoms with Gasteiger partial charge in [0.15, 0.2) is 5.78 Å². The quantitative estimate of drug-likeness (QED) is 0.364. The van der Waals surface area contributed by atoms with Gasteiger partial charge in [-0.1, -0.05) is 72.1 Å². The summed E-state index contributed by atoms with van der Waals surface area (Å²) in [7, 11) is 0. The summed E-state index contributed by atoms with van der Waals surface area (Å²) in [4.78, 5) is 31.4. The van der Waals surface area contributed by atoms with Crippen LogP contribution in [-0.4, -0.2) is 11.7 Å². The third-order valence-corrected chi connectivity index (χ3v) is 8.99. The molecule has 3 aliphatic rings. The summed E-state index contributed by atoms with van der Waals surface area (Å²) in [5.41, 5.74) is 10.7. The van der Waals surface area contributed by atoms with E-state index in [-0.39, 0.29) is 23.3 Å². The van der Waals surface area contributed by atoms with E-state index in [1.807, 2.05) is 55.5 Å². The number of nitrogens with zero attached hydrogens (tertiary/aromatic N) is 2. The summed E-state index contributed by atoms with van der Waals surface area (Å²) in [5, 5.41) is 11.0. The van der Waals surface area contributed by atoms with Crippen molar-refractivity contribution in [3.8, 4) is 6.07 Å². The Bertz CT molecular complexity index is 1620. The van der Waals surface area contributed by atoms with E-state index in [0.717, 1.165) is 41.6 Å². The summed E-state index contributed by atoms with van der Waals surface area (Å²) < 4.78 is 0. The van der Waals surface area contributed by atoms with Gasteiger partial charge in [-0.15, -0.1) is 0 Å². The van der Waals surface area contributed by atoms with Gasteiger partial charge in [-0.2, -0.15) is 5.26 Å². The number of ketones is 1. The van der Waals surface area contributed by atoms with E-state index >= 15 is 0 Å². The van der Waals surface area contributed by atoms with E-state index in [2.05, 4.69) is 12.1 Å². The molecule has 3 aromatic carbocycles. The molecule has 3 atom stereocenters. The highest BCUT2D eigenvalue weighted by molar-refractivity contribution is 6.30. The summed E-state index contributed by atoms with van der Waals surface area (Å²) in [6, 6.07) is 24.9. The molecule has 3 aromatic rings. The number of hydrogen-bond acceptors (Lipinski definition) is 4. The average Bonchev–Trinajstić information content (AvgIpc) is 3.09. The molecule has 0 fully saturated rings. The molecule has 6 heteroatoms. The topological polar surface area (TPSA) is 87.2 Å². The van der Waals surface area contributed by atoms with Gasteiger partial charge in [0.05, 0.1) is 18.0 Å². The molecule has 0 radical (unpaired) electrons. The third-order valence-electron chi connectivity index (χ3n) is 8.74. The first-order chi connectivity index (χ1) is 19.4. The standard InChI is InChI=1S/C34H30ClN3O2/c1-21-12-17-29-28(18-21)34(33(40)38(29)20-22-8-4-2-5-9-22)30(31(39)23-13-15-24(35)16-14-23)26-11-7-3-6-10-25(26)27(19-36)32(34)37/h2,4-5,8-10,12-18,26,30H,3,6-7,11,20,37H2,1H3. The zero-order valence-corrected chi connectivity index (χ0v) is 23.1. The average molecular weight is 548 g/mol. The Morgan fingerprint density at radius 3 is 2.58 bits per heavy atom. The van der Waals surface area contributed by atoms with Crippen LogP contribution in [0.3, 0.4) is 0 Å². The first-order valence-corrected chi connectivity index (χ1v) is 14.1. The zero-order valence-electron chi connectivity index (χ0n) is 22.4. The van der Waals surface area contributed by atoms with Gasteiger partial charge in [-0.05, 0) is 79.1 Å². The molecular formula is C34H30ClN3O2. The minimum Gasteiger partial charge on any atom is -0.400 e. The van der Waals surface area contributed by atoms with Crippen molar-refractivity contribution in [3.63, 3.8) is 0 Å². The van der Waals surface area contributed by atoms with Crippen LogP contribution in [0, 0.1) is 30.1 Å². The predicted molar refractivity (Wildman–Crippen MR) is 157 cm³/mol. The molecule has 0 saturated carbocycles. The fraction of sp³-hybridized carbons (Fsp3) is 0.265. The minimum absolute atomic E-state index is 0.156. The van der Waals surface area contributed by atoms with Crippen molar-refractivity contribution in [2.45, 2.75) is 44.6 Å². The van der Waals surface area contributed by atoms with E-state index in [1.54, 1.807) is 29.2 Å². The van der Waals surface area contributed by atoms with E-state index in [4.69, 9.17) is 17.3 Å². The number of carbonyl (C=O) groups excluding carboxylic acids is 2. The molecule has 3 unspecified atom stereocenters. The summed E-state index contributed by atoms with van der Waals surface area (Å²) >= 11 is 6.18. The summed E-state index contributed by atoms with van der Waals surface area (Å²) in [6.45, 7) is 2.31. The lowest BCUT2D eigenvalue weighted by Crippen LogP contribution is -2.57. The van der Waals surface area contributed by atoms with Crippen molar-refractivity contribution in [2.75, 3.05) is 4.90 Å². The van der Waals surface area contributed by atoms with Gasteiger partial charge in [-0.3, -0.25) is 9.59 Å². The second-order valence-corrected chi connectivity index (χ2v) is 11.4. The number of Topliss-reactive ketones (excluding diaryl/α,β-unsaturated/α-hetero) is 1. The SMILES string of the molecule is Cc1ccc2c(c1)C1(C(=O)N2Cc2ccccc2)C(N)=C(C#N)C2=CCCCCC2C1C(=O)c1ccc(Cl)cc1. The molecule has 5 nitrogen and oxygen atoms in total. The van der Waals surface area contributed by atoms with Crippen LogP contribution in [0.4, 0.5) is 5.69 Å². The highest BCUT2D eigenvalue weighted by Gasteiger charge is 2.64. The van der Waals surface area contributed by atoms with Crippen molar-refractivity contribution in [1.82, 2.24) is 0 Å². The second-order valence-electron chi connectivity index (χ2n) is 11.0. The maximum absolute atomic E-state index is 15.0. The van der Waals surface area contributed by atoms with E-state index < -0.39 is 11.3 Å². The van der Waals surface area contributed by atoms with Crippen LogP contribution in [-0.2, 0) is 16.8 Å². The molecule has 0 bridgehead atoms. The molecule has 0 saturated heterocycles. The molecule has 2 N–H and O–H groups in total. The Labute approximate surface area is 239 Å². The number of rotatable bonds is 4. The van der Waals surface area contributed by atoms with Crippen LogP contribution in [0.5, 0.6) is 0 Å². The van der Waals surface area contributed by atoms with Gasteiger partial charge in [0, 0.05) is 22.0 Å². The number of carbonyl (C=O) groups is 2. The van der Waals surface area contributed by atoms with Crippen LogP contribution in [0.1, 0.15) is 52.7 Å². The number of anilines is 1. The fourth-order valence-corrected chi connectivity index (χ4v) is 7.07. The first kappa shape index (κ1) is 26.1. The lowest BCUT2D eigenvalue weighted by atomic mass is 9.55. The van der Waals surface area contributed by atoms with Crippen molar-refractivity contribution in [3.05, 3.63) is 123 Å². The van der Waals surface area contributed by atoms with Crippen molar-refractivity contribution >= 4 is 29.0 Å². The Hall–Kier alpha value is -4.14. The van der Waals surface area contributed by atoms with Crippen LogP contribution >= 0.6 is 11.6 Å². The number of halogens is 1. The lowest BCUT2D eigenvalue weighted by molar-refractivity contribution is -0.124. The zero-order chi connectivity index (χ0) is 28.0. The van der Waals surface area contributed by atoms with Crippen LogP contribution in [0.25, 0.3) is 0 Å². The van der Waals surface area contributed by atoms with Crippen molar-refractivity contribution in [1.29, 1.82) is 5.26 Å². The number of amides is 1. The van der Waals surface area contributed by atoms with Crippen molar-refractivity contribution < 1.29 is 9.59 Å². The highest BCUT2D eigenvalue weighted by Crippen LogP contribution is 2.59. The van der Waals surface area contributed by atoms with E-state index in [9.17, 15) is 14.9 Å². The lowest BCUT2D eigenvalue weighted by Gasteiger charge is -2.45. The van der Waals surface area contributed by atoms with Crippen LogP contribution < -0.4 is 10.6 Å². The van der Waals surface area contributed by atoms with Crippen molar-refractivity contribution in [2.24, 2.45) is 17.6 Å². The third kappa shape index (κ3) is 3.90. The largest absolute Gasteiger partial charge is 0.400 e. The van der Waals surface area contributed by atoms with Gasteiger partial charge in [-0.25, -0.2) is 0 Å². The van der Waals surface area contributed by atoms with Gasteiger partial charge in [0.2, 0.25) is 5.91 Å². The number of nitriles is 1. The Balaban J connectivity index is 1.65. The van der Waals surface area contributed by atoms with Crippen LogP contribution in [0.15, 0.2) is 95.7 Å². The number of hydrogen-bond donors (Lipinski definition) is 1. The molecule has 40 heavy (non-hydrogen) atoms. The number of benzene rings is 3. The fourth-order valence-electron chi connectivity index (χ4n) is 6.95. The smallest absolute Gasteiger partial charge is 0.244 e. The number of fused-ring (bicyclic) bond motifs is 3. The van der Waals surface area contributed by atoms with E-state index in [0.29, 0.717) is 34.7 Å². The maximum Gasteiger partial charge on any atom is 0.244 e. The van der Waals surface area contributed by atoms with E-state index in [1.165, 1.54) is 0 Å². The molecule has 0 aromatic heterocycles. The molecule has 1 spiro atoms. The molecule has 2 aliphatic carbocycles. The predicted octanol–water partition coefficient (Wildman–Crippen LogP) is 6.80. The minimum atomic E-state index is -1.50. The normalized spacial score (nSPS) is 23.8. The monoisotopic (exact) mass is 547 g/mol. The molecule has 1 amide bonds. The highest BCUT2D eigenvalue weighted by atomic mass is 35.5. The summed E-state index contributed by atoms with van der Waals surface area (Å²) in [5.74, 6) is -1.53. The Morgan fingerprint density at radius 2 is 1.85 bits per heavy atom. The molecule has 1 heterocycles. The summed E-state index contributed by atoms with van der Waals surface area (Å²) in [6.07, 6.45) is 5.42. The van der Waals surface area contributed by atoms with Gasteiger partial charge >= 0.3 is 0 Å². The number of nitrogens with two attached hydrogens (primary N) is 1. The Morgan fingerprint density at radius 1 is 1.10 bits per heavy atom. The molecule has 200 valence electrons. The molecular weight excluding hydrogens is 518 g/mol. The van der Waals surface area contributed by atoms with Gasteiger partial charge in [0.25, 0.3) is 0 Å². The van der Waals surface area contributed by atoms with Crippen LogP contribution in [0.2, 0.25) is 5.02 Å². The number of allylic oxidation sites excluding steroid dienone is 3. The maximum atomic E-state index is 15.0. The second kappa shape index (κ2) is 10.1. The number of aryl methyl sites for hydroxylation is 1.